The molecule has 0 amide bonds. The van der Waals surface area contributed by atoms with Crippen molar-refractivity contribution in [2.45, 2.75) is 39.0 Å². The summed E-state index contributed by atoms with van der Waals surface area (Å²) in [5.74, 6) is 0.577. The minimum Gasteiger partial charge on any atom is -0.399 e. The summed E-state index contributed by atoms with van der Waals surface area (Å²) < 4.78 is 0. The molecule has 0 heterocycles. The molecule has 1 atom stereocenters. The zero-order chi connectivity index (χ0) is 14.5. The lowest BCUT2D eigenvalue weighted by Crippen LogP contribution is -2.00. The predicted octanol–water partition coefficient (Wildman–Crippen LogP) is 5.88. The van der Waals surface area contributed by atoms with Crippen molar-refractivity contribution in [1.29, 1.82) is 0 Å². The van der Waals surface area contributed by atoms with Crippen molar-refractivity contribution in [3.8, 4) is 11.1 Å². The van der Waals surface area contributed by atoms with E-state index in [-0.39, 0.29) is 0 Å². The first-order valence-corrected chi connectivity index (χ1v) is 7.68. The third-order valence-electron chi connectivity index (χ3n) is 3.78. The van der Waals surface area contributed by atoms with E-state index in [1.807, 2.05) is 24.3 Å². The Kier molecular flexibility index (Phi) is 5.08. The topological polar surface area (TPSA) is 26.0 Å². The molecule has 2 heteroatoms. The summed E-state index contributed by atoms with van der Waals surface area (Å²) in [4.78, 5) is 0. The lowest BCUT2D eigenvalue weighted by atomic mass is 9.86. The van der Waals surface area contributed by atoms with Crippen LogP contribution in [0.15, 0.2) is 42.5 Å². The third kappa shape index (κ3) is 3.34. The summed E-state index contributed by atoms with van der Waals surface area (Å²) in [7, 11) is 0. The summed E-state index contributed by atoms with van der Waals surface area (Å²) in [6.45, 7) is 4.48. The molecular formula is C18H22ClN. The van der Waals surface area contributed by atoms with Crippen LogP contribution in [-0.2, 0) is 0 Å². The van der Waals surface area contributed by atoms with Gasteiger partial charge < -0.3 is 5.73 Å². The van der Waals surface area contributed by atoms with Gasteiger partial charge in [0.05, 0.1) is 0 Å². The van der Waals surface area contributed by atoms with Crippen molar-refractivity contribution < 1.29 is 0 Å². The molecule has 0 aromatic heterocycles. The largest absolute Gasteiger partial charge is 0.399 e. The highest BCUT2D eigenvalue weighted by Gasteiger charge is 2.14. The van der Waals surface area contributed by atoms with Gasteiger partial charge in [-0.15, -0.1) is 0 Å². The number of hydrogen-bond acceptors (Lipinski definition) is 1. The van der Waals surface area contributed by atoms with Crippen LogP contribution >= 0.6 is 11.6 Å². The summed E-state index contributed by atoms with van der Waals surface area (Å²) in [5.41, 5.74) is 10.4. The zero-order valence-corrected chi connectivity index (χ0v) is 13.0. The van der Waals surface area contributed by atoms with E-state index in [1.54, 1.807) is 0 Å². The summed E-state index contributed by atoms with van der Waals surface area (Å²) in [5, 5.41) is 0.775. The van der Waals surface area contributed by atoms with E-state index in [0.717, 1.165) is 22.7 Å². The van der Waals surface area contributed by atoms with E-state index in [2.05, 4.69) is 32.0 Å². The molecule has 2 rings (SSSR count). The molecular weight excluding hydrogens is 266 g/mol. The van der Waals surface area contributed by atoms with Gasteiger partial charge in [-0.2, -0.15) is 0 Å². The molecule has 0 fully saturated rings. The first kappa shape index (κ1) is 14.9. The van der Waals surface area contributed by atoms with Gasteiger partial charge in [0.2, 0.25) is 0 Å². The number of rotatable bonds is 5. The Morgan fingerprint density at radius 3 is 2.55 bits per heavy atom. The Bertz CT molecular complexity index is 577. The Morgan fingerprint density at radius 2 is 1.90 bits per heavy atom. The van der Waals surface area contributed by atoms with Crippen molar-refractivity contribution >= 4 is 17.3 Å². The normalized spacial score (nSPS) is 12.3. The molecule has 0 radical (unpaired) electrons. The molecule has 0 spiro atoms. The molecule has 2 N–H and O–H groups in total. The van der Waals surface area contributed by atoms with E-state index in [1.165, 1.54) is 24.0 Å². The lowest BCUT2D eigenvalue weighted by Gasteiger charge is -2.19. The SMILES string of the molecule is CCCC(CC)c1ccc(Cl)cc1-c1cccc(N)c1. The average molecular weight is 288 g/mol. The minimum absolute atomic E-state index is 0.577. The maximum Gasteiger partial charge on any atom is 0.0412 e. The van der Waals surface area contributed by atoms with Gasteiger partial charge in [0.1, 0.15) is 0 Å². The Balaban J connectivity index is 2.53. The van der Waals surface area contributed by atoms with Gasteiger partial charge in [0, 0.05) is 10.7 Å². The first-order chi connectivity index (χ1) is 9.65. The average Bonchev–Trinajstić information content (AvgIpc) is 2.45. The Morgan fingerprint density at radius 1 is 1.10 bits per heavy atom. The second-order valence-corrected chi connectivity index (χ2v) is 5.69. The maximum atomic E-state index is 6.20. The van der Waals surface area contributed by atoms with Gasteiger partial charge in [0.15, 0.2) is 0 Å². The van der Waals surface area contributed by atoms with Crippen LogP contribution in [0.2, 0.25) is 5.02 Å². The van der Waals surface area contributed by atoms with Crippen LogP contribution in [0.4, 0.5) is 5.69 Å². The fourth-order valence-electron chi connectivity index (χ4n) is 2.77. The van der Waals surface area contributed by atoms with Crippen LogP contribution in [0, 0.1) is 0 Å². The van der Waals surface area contributed by atoms with Crippen molar-refractivity contribution in [3.63, 3.8) is 0 Å². The van der Waals surface area contributed by atoms with Crippen LogP contribution in [0.25, 0.3) is 11.1 Å². The molecule has 0 saturated heterocycles. The van der Waals surface area contributed by atoms with Gasteiger partial charge in [-0.3, -0.25) is 0 Å². The van der Waals surface area contributed by atoms with Crippen molar-refractivity contribution in [1.82, 2.24) is 0 Å². The molecule has 2 aromatic rings. The van der Waals surface area contributed by atoms with Crippen LogP contribution in [-0.4, -0.2) is 0 Å². The van der Waals surface area contributed by atoms with E-state index < -0.39 is 0 Å². The third-order valence-corrected chi connectivity index (χ3v) is 4.02. The van der Waals surface area contributed by atoms with Gasteiger partial charge in [0.25, 0.3) is 0 Å². The number of anilines is 1. The standard InChI is InChI=1S/C18H22ClN/c1-3-6-13(4-2)17-10-9-15(19)12-18(17)14-7-5-8-16(20)11-14/h5,7-13H,3-4,6,20H2,1-2H3. The van der Waals surface area contributed by atoms with Crippen LogP contribution in [0.5, 0.6) is 0 Å². The Labute approximate surface area is 126 Å². The second kappa shape index (κ2) is 6.81. The molecule has 2 aromatic carbocycles. The molecule has 1 unspecified atom stereocenters. The maximum absolute atomic E-state index is 6.20. The first-order valence-electron chi connectivity index (χ1n) is 7.31. The highest BCUT2D eigenvalue weighted by molar-refractivity contribution is 6.30. The van der Waals surface area contributed by atoms with E-state index in [0.29, 0.717) is 5.92 Å². The second-order valence-electron chi connectivity index (χ2n) is 5.25. The van der Waals surface area contributed by atoms with Gasteiger partial charge in [-0.1, -0.05) is 50.1 Å². The predicted molar refractivity (Wildman–Crippen MR) is 89.2 cm³/mol. The van der Waals surface area contributed by atoms with Gasteiger partial charge in [-0.05, 0) is 59.7 Å². The van der Waals surface area contributed by atoms with Crippen molar-refractivity contribution in [2.75, 3.05) is 5.73 Å². The minimum atomic E-state index is 0.577. The Hall–Kier alpha value is -1.47. The number of halogens is 1. The van der Waals surface area contributed by atoms with E-state index >= 15 is 0 Å². The number of nitrogen functional groups attached to an aromatic ring is 1. The summed E-state index contributed by atoms with van der Waals surface area (Å²) in [6, 6.07) is 14.3. The zero-order valence-electron chi connectivity index (χ0n) is 12.2. The summed E-state index contributed by atoms with van der Waals surface area (Å²) in [6.07, 6.45) is 3.54. The molecule has 0 bridgehead atoms. The fraction of sp³-hybridized carbons (Fsp3) is 0.333. The molecule has 0 aliphatic heterocycles. The van der Waals surface area contributed by atoms with E-state index in [9.17, 15) is 0 Å². The molecule has 106 valence electrons. The number of nitrogens with two attached hydrogens (primary N) is 1. The molecule has 20 heavy (non-hydrogen) atoms. The van der Waals surface area contributed by atoms with E-state index in [4.69, 9.17) is 17.3 Å². The van der Waals surface area contributed by atoms with Crippen LogP contribution < -0.4 is 5.73 Å². The lowest BCUT2D eigenvalue weighted by molar-refractivity contribution is 0.597. The molecule has 1 nitrogen and oxygen atoms in total. The van der Waals surface area contributed by atoms with Gasteiger partial charge >= 0.3 is 0 Å². The highest BCUT2D eigenvalue weighted by Crippen LogP contribution is 2.36. The number of hydrogen-bond donors (Lipinski definition) is 1. The molecule has 0 saturated carbocycles. The monoisotopic (exact) mass is 287 g/mol. The number of benzene rings is 2. The van der Waals surface area contributed by atoms with Crippen LogP contribution in [0.3, 0.4) is 0 Å². The molecule has 0 aliphatic rings. The van der Waals surface area contributed by atoms with Gasteiger partial charge in [-0.25, -0.2) is 0 Å². The smallest absolute Gasteiger partial charge is 0.0412 e. The van der Waals surface area contributed by atoms with Crippen molar-refractivity contribution in [2.24, 2.45) is 0 Å². The summed E-state index contributed by atoms with van der Waals surface area (Å²) >= 11 is 6.20. The van der Waals surface area contributed by atoms with Crippen LogP contribution in [0.1, 0.15) is 44.6 Å². The quantitative estimate of drug-likeness (QED) is 0.682. The van der Waals surface area contributed by atoms with Crippen molar-refractivity contribution in [3.05, 3.63) is 53.1 Å². The molecule has 0 aliphatic carbocycles. The highest BCUT2D eigenvalue weighted by atomic mass is 35.5. The fourth-order valence-corrected chi connectivity index (χ4v) is 2.94.